The highest BCUT2D eigenvalue weighted by Gasteiger charge is 2.12. The van der Waals surface area contributed by atoms with E-state index in [0.717, 1.165) is 33.7 Å². The lowest BCUT2D eigenvalue weighted by Gasteiger charge is -2.09. The SMILES string of the molecule is Cc1nc2ccc3cc(-c4ccc5c(ccc6c5ccc5[nH]c(C(C)C)nc56)c4)ccc3c2[nH]1. The van der Waals surface area contributed by atoms with E-state index in [4.69, 9.17) is 4.98 Å². The van der Waals surface area contributed by atoms with Crippen molar-refractivity contribution in [3.63, 3.8) is 0 Å². The first-order chi connectivity index (χ1) is 16.5. The first-order valence-electron chi connectivity index (χ1n) is 11.8. The molecule has 0 saturated heterocycles. The van der Waals surface area contributed by atoms with Crippen LogP contribution < -0.4 is 0 Å². The van der Waals surface area contributed by atoms with E-state index in [1.165, 1.54) is 43.4 Å². The van der Waals surface area contributed by atoms with Gasteiger partial charge in [0.2, 0.25) is 0 Å². The van der Waals surface area contributed by atoms with Gasteiger partial charge >= 0.3 is 0 Å². The molecule has 2 N–H and O–H groups in total. The maximum atomic E-state index is 4.90. The van der Waals surface area contributed by atoms with Crippen molar-refractivity contribution in [2.75, 3.05) is 0 Å². The second-order valence-corrected chi connectivity index (χ2v) is 9.55. The Bertz CT molecular complexity index is 1900. The van der Waals surface area contributed by atoms with Gasteiger partial charge in [0.15, 0.2) is 0 Å². The van der Waals surface area contributed by atoms with Crippen LogP contribution in [-0.4, -0.2) is 19.9 Å². The van der Waals surface area contributed by atoms with Crippen molar-refractivity contribution in [2.45, 2.75) is 26.7 Å². The topological polar surface area (TPSA) is 57.4 Å². The Hall–Kier alpha value is -4.18. The Balaban J connectivity index is 1.38. The van der Waals surface area contributed by atoms with Gasteiger partial charge in [0.25, 0.3) is 0 Å². The largest absolute Gasteiger partial charge is 0.342 e. The number of nitrogens with one attached hydrogen (secondary N) is 2. The van der Waals surface area contributed by atoms with Gasteiger partial charge in [-0.25, -0.2) is 9.97 Å². The quantitative estimate of drug-likeness (QED) is 0.268. The first-order valence-corrected chi connectivity index (χ1v) is 11.8. The summed E-state index contributed by atoms with van der Waals surface area (Å²) < 4.78 is 0. The summed E-state index contributed by atoms with van der Waals surface area (Å²) in [6.07, 6.45) is 0. The number of aromatic nitrogens is 4. The summed E-state index contributed by atoms with van der Waals surface area (Å²) in [5, 5.41) is 7.36. The van der Waals surface area contributed by atoms with Gasteiger partial charge in [0, 0.05) is 16.7 Å². The van der Waals surface area contributed by atoms with E-state index in [1.807, 2.05) is 6.92 Å². The molecule has 0 unspecified atom stereocenters. The lowest BCUT2D eigenvalue weighted by Crippen LogP contribution is -1.88. The van der Waals surface area contributed by atoms with Gasteiger partial charge in [-0.1, -0.05) is 62.4 Å². The third kappa shape index (κ3) is 2.78. The zero-order chi connectivity index (χ0) is 23.0. The molecule has 2 aromatic heterocycles. The van der Waals surface area contributed by atoms with Crippen LogP contribution in [0.1, 0.15) is 31.4 Å². The van der Waals surface area contributed by atoms with Crippen molar-refractivity contribution in [1.29, 1.82) is 0 Å². The van der Waals surface area contributed by atoms with E-state index < -0.39 is 0 Å². The molecule has 0 atom stereocenters. The predicted octanol–water partition coefficient (Wildman–Crippen LogP) is 8.00. The number of benzene rings is 5. The van der Waals surface area contributed by atoms with Gasteiger partial charge in [-0.05, 0) is 63.9 Å². The van der Waals surface area contributed by atoms with E-state index in [9.17, 15) is 0 Å². The smallest absolute Gasteiger partial charge is 0.109 e. The van der Waals surface area contributed by atoms with Crippen molar-refractivity contribution >= 4 is 54.4 Å². The fourth-order valence-electron chi connectivity index (χ4n) is 5.20. The van der Waals surface area contributed by atoms with Crippen LogP contribution in [0, 0.1) is 6.92 Å². The molecule has 34 heavy (non-hydrogen) atoms. The van der Waals surface area contributed by atoms with Crippen LogP contribution in [0.15, 0.2) is 72.8 Å². The fourth-order valence-corrected chi connectivity index (χ4v) is 5.20. The zero-order valence-corrected chi connectivity index (χ0v) is 19.4. The Kier molecular flexibility index (Phi) is 3.92. The standard InChI is InChI=1S/C30H24N4/c1-16(2)30-33-27-13-11-24-22-8-4-18(14-20(22)6-10-25(24)29(27)34-30)19-5-9-23-21(15-19)7-12-26-28(23)32-17(3)31-26/h4-16H,1-3H3,(H,31,32)(H,33,34). The van der Waals surface area contributed by atoms with Crippen LogP contribution in [0.4, 0.5) is 0 Å². The molecule has 0 amide bonds. The fraction of sp³-hybridized carbons (Fsp3) is 0.133. The first kappa shape index (κ1) is 19.3. The lowest BCUT2D eigenvalue weighted by atomic mass is 9.95. The van der Waals surface area contributed by atoms with Gasteiger partial charge in [0.05, 0.1) is 22.1 Å². The molecule has 7 aromatic rings. The van der Waals surface area contributed by atoms with Crippen LogP contribution in [0.5, 0.6) is 0 Å². The molecule has 0 radical (unpaired) electrons. The Morgan fingerprint density at radius 2 is 1.32 bits per heavy atom. The van der Waals surface area contributed by atoms with Crippen LogP contribution >= 0.6 is 0 Å². The highest BCUT2D eigenvalue weighted by atomic mass is 14.9. The average Bonchev–Trinajstić information content (AvgIpc) is 3.46. The molecule has 0 aliphatic carbocycles. The minimum Gasteiger partial charge on any atom is -0.342 e. The van der Waals surface area contributed by atoms with Crippen molar-refractivity contribution in [2.24, 2.45) is 0 Å². The van der Waals surface area contributed by atoms with Gasteiger partial charge in [-0.15, -0.1) is 0 Å². The van der Waals surface area contributed by atoms with Crippen molar-refractivity contribution in [3.8, 4) is 11.1 Å². The number of rotatable bonds is 2. The molecule has 0 spiro atoms. The zero-order valence-electron chi connectivity index (χ0n) is 19.4. The third-order valence-corrected chi connectivity index (χ3v) is 6.96. The van der Waals surface area contributed by atoms with E-state index in [-0.39, 0.29) is 0 Å². The summed E-state index contributed by atoms with van der Waals surface area (Å²) in [4.78, 5) is 16.4. The van der Waals surface area contributed by atoms with E-state index >= 15 is 0 Å². The molecular weight excluding hydrogens is 416 g/mol. The monoisotopic (exact) mass is 440 g/mol. The van der Waals surface area contributed by atoms with Gasteiger partial charge < -0.3 is 9.97 Å². The average molecular weight is 441 g/mol. The molecule has 0 aliphatic heterocycles. The van der Waals surface area contributed by atoms with Gasteiger partial charge in [0.1, 0.15) is 11.6 Å². The van der Waals surface area contributed by atoms with E-state index in [0.29, 0.717) is 5.92 Å². The predicted molar refractivity (Wildman–Crippen MR) is 143 cm³/mol. The number of fused-ring (bicyclic) bond motifs is 8. The summed E-state index contributed by atoms with van der Waals surface area (Å²) >= 11 is 0. The van der Waals surface area contributed by atoms with Crippen LogP contribution in [0.25, 0.3) is 65.5 Å². The number of nitrogens with zero attached hydrogens (tertiary/aromatic N) is 2. The molecule has 0 aliphatic rings. The summed E-state index contributed by atoms with van der Waals surface area (Å²) in [6.45, 7) is 6.34. The summed E-state index contributed by atoms with van der Waals surface area (Å²) in [5.41, 5.74) is 6.72. The Morgan fingerprint density at radius 3 is 2.12 bits per heavy atom. The minimum atomic E-state index is 0.376. The molecule has 0 bridgehead atoms. The molecule has 4 nitrogen and oxygen atoms in total. The number of aromatic amines is 2. The van der Waals surface area contributed by atoms with E-state index in [2.05, 4.69) is 102 Å². The molecular formula is C30H24N4. The summed E-state index contributed by atoms with van der Waals surface area (Å²) in [5.74, 6) is 2.36. The molecule has 164 valence electrons. The highest BCUT2D eigenvalue weighted by Crippen LogP contribution is 2.34. The number of H-pyrrole nitrogens is 2. The number of aryl methyl sites for hydroxylation is 1. The summed E-state index contributed by atoms with van der Waals surface area (Å²) in [6, 6.07) is 26.5. The lowest BCUT2D eigenvalue weighted by molar-refractivity contribution is 0.799. The second-order valence-electron chi connectivity index (χ2n) is 9.55. The Morgan fingerprint density at radius 1 is 0.647 bits per heavy atom. The van der Waals surface area contributed by atoms with Gasteiger partial charge in [-0.3, -0.25) is 0 Å². The van der Waals surface area contributed by atoms with Crippen molar-refractivity contribution in [1.82, 2.24) is 19.9 Å². The highest BCUT2D eigenvalue weighted by molar-refractivity contribution is 6.16. The number of hydrogen-bond donors (Lipinski definition) is 2. The molecule has 4 heteroatoms. The molecule has 7 rings (SSSR count). The maximum Gasteiger partial charge on any atom is 0.109 e. The summed E-state index contributed by atoms with van der Waals surface area (Å²) in [7, 11) is 0. The molecule has 5 aromatic carbocycles. The third-order valence-electron chi connectivity index (χ3n) is 6.96. The Labute approximate surface area is 196 Å². The van der Waals surface area contributed by atoms with Crippen LogP contribution in [0.3, 0.4) is 0 Å². The maximum absolute atomic E-state index is 4.90. The normalized spacial score (nSPS) is 12.2. The van der Waals surface area contributed by atoms with Crippen LogP contribution in [-0.2, 0) is 0 Å². The number of hydrogen-bond acceptors (Lipinski definition) is 2. The molecule has 0 saturated carbocycles. The van der Waals surface area contributed by atoms with Crippen LogP contribution in [0.2, 0.25) is 0 Å². The molecule has 2 heterocycles. The second kappa shape index (κ2) is 6.91. The van der Waals surface area contributed by atoms with E-state index in [1.54, 1.807) is 0 Å². The minimum absolute atomic E-state index is 0.376. The van der Waals surface area contributed by atoms with Gasteiger partial charge in [-0.2, -0.15) is 0 Å². The van der Waals surface area contributed by atoms with Crippen molar-refractivity contribution < 1.29 is 0 Å². The number of imidazole rings is 2. The molecule has 0 fully saturated rings. The van der Waals surface area contributed by atoms with Crippen molar-refractivity contribution in [3.05, 3.63) is 84.4 Å².